The van der Waals surface area contributed by atoms with E-state index in [0.29, 0.717) is 24.3 Å². The molecule has 0 aliphatic carbocycles. The van der Waals surface area contributed by atoms with Crippen LogP contribution in [0.1, 0.15) is 29.7 Å². The molecule has 6 heteroatoms. The van der Waals surface area contributed by atoms with Gasteiger partial charge < -0.3 is 9.47 Å². The molecule has 0 N–H and O–H groups in total. The van der Waals surface area contributed by atoms with Crippen molar-refractivity contribution in [2.45, 2.75) is 38.4 Å². The van der Waals surface area contributed by atoms with E-state index < -0.39 is 0 Å². The molecule has 3 aromatic rings. The van der Waals surface area contributed by atoms with Crippen molar-refractivity contribution in [2.24, 2.45) is 5.92 Å². The van der Waals surface area contributed by atoms with E-state index in [2.05, 4.69) is 57.2 Å². The van der Waals surface area contributed by atoms with E-state index in [-0.39, 0.29) is 5.82 Å². The zero-order valence-electron chi connectivity index (χ0n) is 21.5. The summed E-state index contributed by atoms with van der Waals surface area (Å²) in [5.41, 5.74) is 3.55. The molecule has 0 amide bonds. The lowest BCUT2D eigenvalue weighted by molar-refractivity contribution is 0.0564. The molecule has 0 spiro atoms. The number of hydrogen-bond acceptors (Lipinski definition) is 5. The Kier molecular flexibility index (Phi) is 9.84. The minimum absolute atomic E-state index is 0.312. The maximum absolute atomic E-state index is 13.8. The number of likely N-dealkylation sites (tertiary alicyclic amines) is 1. The minimum Gasteiger partial charge on any atom is -0.494 e. The average Bonchev–Trinajstić information content (AvgIpc) is 2.92. The van der Waals surface area contributed by atoms with E-state index in [1.54, 1.807) is 7.11 Å². The number of rotatable bonds is 12. The number of aromatic nitrogens is 1. The molecule has 0 unspecified atom stereocenters. The highest BCUT2D eigenvalue weighted by atomic mass is 19.1. The Balaban J connectivity index is 1.47. The second-order valence-electron chi connectivity index (χ2n) is 9.62. The van der Waals surface area contributed by atoms with E-state index in [0.717, 1.165) is 63.2 Å². The molecule has 1 aliphatic rings. The molecule has 1 fully saturated rings. The van der Waals surface area contributed by atoms with Crippen molar-refractivity contribution in [3.8, 4) is 5.75 Å². The fourth-order valence-corrected chi connectivity index (χ4v) is 5.28. The maximum atomic E-state index is 13.8. The average molecular weight is 492 g/mol. The lowest BCUT2D eigenvalue weighted by Crippen LogP contribution is -2.47. The number of benzene rings is 2. The first-order valence-electron chi connectivity index (χ1n) is 12.9. The van der Waals surface area contributed by atoms with E-state index >= 15 is 0 Å². The van der Waals surface area contributed by atoms with Crippen LogP contribution in [0.15, 0.2) is 72.9 Å². The molecule has 0 saturated carbocycles. The highest BCUT2D eigenvalue weighted by molar-refractivity contribution is 5.30. The summed E-state index contributed by atoms with van der Waals surface area (Å²) < 4.78 is 24.5. The molecular formula is C30H38FN3O2. The van der Waals surface area contributed by atoms with Gasteiger partial charge >= 0.3 is 0 Å². The van der Waals surface area contributed by atoms with Crippen LogP contribution >= 0.6 is 0 Å². The smallest absolute Gasteiger partial charge is 0.165 e. The van der Waals surface area contributed by atoms with Crippen LogP contribution in [0.3, 0.4) is 0 Å². The van der Waals surface area contributed by atoms with Crippen molar-refractivity contribution in [3.05, 3.63) is 95.6 Å². The normalized spacial score (nSPS) is 15.8. The molecule has 1 aliphatic heterocycles. The van der Waals surface area contributed by atoms with Gasteiger partial charge in [-0.15, -0.1) is 0 Å². The summed E-state index contributed by atoms with van der Waals surface area (Å²) in [5.74, 6) is 0.575. The van der Waals surface area contributed by atoms with Gasteiger partial charge in [0.25, 0.3) is 0 Å². The Labute approximate surface area is 214 Å². The third-order valence-electron chi connectivity index (χ3n) is 7.23. The van der Waals surface area contributed by atoms with Gasteiger partial charge in [-0.2, -0.15) is 0 Å². The van der Waals surface area contributed by atoms with Crippen molar-refractivity contribution in [2.75, 3.05) is 40.5 Å². The number of pyridine rings is 1. The second-order valence-corrected chi connectivity index (χ2v) is 9.62. The summed E-state index contributed by atoms with van der Waals surface area (Å²) in [7, 11) is 3.29. The quantitative estimate of drug-likeness (QED) is 0.348. The second kappa shape index (κ2) is 13.5. The largest absolute Gasteiger partial charge is 0.494 e. The summed E-state index contributed by atoms with van der Waals surface area (Å²) in [6.45, 7) is 5.25. The van der Waals surface area contributed by atoms with Crippen molar-refractivity contribution in [1.29, 1.82) is 0 Å². The molecule has 0 radical (unpaired) electrons. The molecule has 5 nitrogen and oxygen atoms in total. The predicted molar refractivity (Wildman–Crippen MR) is 141 cm³/mol. The van der Waals surface area contributed by atoms with E-state index in [1.165, 1.54) is 18.7 Å². The lowest BCUT2D eigenvalue weighted by atomic mass is 9.84. The number of halogens is 1. The first-order valence-corrected chi connectivity index (χ1v) is 12.9. The fraction of sp³-hybridized carbons (Fsp3) is 0.433. The zero-order chi connectivity index (χ0) is 25.2. The van der Waals surface area contributed by atoms with Gasteiger partial charge in [0.05, 0.1) is 19.4 Å². The molecule has 36 heavy (non-hydrogen) atoms. The van der Waals surface area contributed by atoms with Crippen molar-refractivity contribution < 1.29 is 13.9 Å². The minimum atomic E-state index is -0.312. The first-order chi connectivity index (χ1) is 17.7. The SMILES string of the molecule is COCCN(Cc1ccccn1)[C@H](Cc1ccccc1)C1CCN(Cc2ccc(F)c(OC)c2)CC1. The highest BCUT2D eigenvalue weighted by Crippen LogP contribution is 2.29. The van der Waals surface area contributed by atoms with Gasteiger partial charge in [0.1, 0.15) is 0 Å². The molecule has 1 atom stereocenters. The maximum Gasteiger partial charge on any atom is 0.165 e. The van der Waals surface area contributed by atoms with Crippen LogP contribution in [0.25, 0.3) is 0 Å². The van der Waals surface area contributed by atoms with Gasteiger partial charge in [-0.25, -0.2) is 4.39 Å². The topological polar surface area (TPSA) is 37.8 Å². The van der Waals surface area contributed by atoms with Gasteiger partial charge in [0, 0.05) is 39.0 Å². The number of piperidine rings is 1. The first kappa shape index (κ1) is 26.3. The Morgan fingerprint density at radius 3 is 2.47 bits per heavy atom. The lowest BCUT2D eigenvalue weighted by Gasteiger charge is -2.41. The molecular weight excluding hydrogens is 453 g/mol. The zero-order valence-corrected chi connectivity index (χ0v) is 21.5. The molecule has 4 rings (SSSR count). The van der Waals surface area contributed by atoms with Crippen LogP contribution in [0.5, 0.6) is 5.75 Å². The van der Waals surface area contributed by atoms with Crippen molar-refractivity contribution in [3.63, 3.8) is 0 Å². The van der Waals surface area contributed by atoms with Crippen molar-refractivity contribution >= 4 is 0 Å². The number of hydrogen-bond donors (Lipinski definition) is 0. The third-order valence-corrected chi connectivity index (χ3v) is 7.23. The number of ether oxygens (including phenoxy) is 2. The Morgan fingerprint density at radius 2 is 1.78 bits per heavy atom. The van der Waals surface area contributed by atoms with Crippen LogP contribution in [0.4, 0.5) is 4.39 Å². The third kappa shape index (κ3) is 7.36. The number of nitrogens with zero attached hydrogens (tertiary/aromatic N) is 3. The van der Waals surface area contributed by atoms with Gasteiger partial charge in [-0.05, 0) is 73.7 Å². The van der Waals surface area contributed by atoms with E-state index in [9.17, 15) is 4.39 Å². The summed E-state index contributed by atoms with van der Waals surface area (Å²) >= 11 is 0. The molecule has 192 valence electrons. The Hall–Kier alpha value is -2.80. The van der Waals surface area contributed by atoms with Gasteiger partial charge in [-0.1, -0.05) is 42.5 Å². The molecule has 1 aromatic heterocycles. The highest BCUT2D eigenvalue weighted by Gasteiger charge is 2.31. The monoisotopic (exact) mass is 491 g/mol. The molecule has 0 bridgehead atoms. The van der Waals surface area contributed by atoms with Crippen LogP contribution < -0.4 is 4.74 Å². The van der Waals surface area contributed by atoms with Gasteiger partial charge in [-0.3, -0.25) is 14.8 Å². The predicted octanol–water partition coefficient (Wildman–Crippen LogP) is 5.20. The van der Waals surface area contributed by atoms with E-state index in [4.69, 9.17) is 9.47 Å². The summed E-state index contributed by atoms with van der Waals surface area (Å²) in [5, 5.41) is 0. The van der Waals surface area contributed by atoms with Gasteiger partial charge in [0.15, 0.2) is 11.6 Å². The fourth-order valence-electron chi connectivity index (χ4n) is 5.28. The van der Waals surface area contributed by atoms with Crippen LogP contribution in [0.2, 0.25) is 0 Å². The molecule has 1 saturated heterocycles. The van der Waals surface area contributed by atoms with E-state index in [1.807, 2.05) is 24.4 Å². The number of methoxy groups -OCH3 is 2. The molecule has 2 heterocycles. The Bertz CT molecular complexity index is 1040. The molecule has 2 aromatic carbocycles. The van der Waals surface area contributed by atoms with Crippen LogP contribution in [-0.2, 0) is 24.2 Å². The van der Waals surface area contributed by atoms with Crippen LogP contribution in [-0.4, -0.2) is 61.3 Å². The van der Waals surface area contributed by atoms with Gasteiger partial charge in [0.2, 0.25) is 0 Å². The van der Waals surface area contributed by atoms with Crippen LogP contribution in [0, 0.1) is 11.7 Å². The summed E-state index contributed by atoms with van der Waals surface area (Å²) in [6, 6.07) is 22.5. The Morgan fingerprint density at radius 1 is 1.00 bits per heavy atom. The summed E-state index contributed by atoms with van der Waals surface area (Å²) in [4.78, 5) is 9.66. The summed E-state index contributed by atoms with van der Waals surface area (Å²) in [6.07, 6.45) is 5.14. The van der Waals surface area contributed by atoms with Crippen molar-refractivity contribution in [1.82, 2.24) is 14.8 Å². The standard InChI is InChI=1S/C30H38FN3O2/c1-35-19-18-34(23-27-10-6-7-15-32-27)29(20-24-8-4-3-5-9-24)26-13-16-33(17-14-26)22-25-11-12-28(31)30(21-25)36-2/h3-12,15,21,26,29H,13-14,16-20,22-23H2,1-2H3/t29-/m1/s1.